The molecule has 0 bridgehead atoms. The topological polar surface area (TPSA) is 98.8 Å². The Labute approximate surface area is 162 Å². The highest BCUT2D eigenvalue weighted by molar-refractivity contribution is 7.89. The molecule has 0 aliphatic heterocycles. The average Bonchev–Trinajstić information content (AvgIpc) is 2.66. The number of carbonyl (C=O) groups excluding carboxylic acids is 2. The molecule has 0 unspecified atom stereocenters. The second kappa shape index (κ2) is 8.98. The number of carbonyl (C=O) groups is 2. The predicted octanol–water partition coefficient (Wildman–Crippen LogP) is 2.78. The Morgan fingerprint density at radius 2 is 1.67 bits per heavy atom. The summed E-state index contributed by atoms with van der Waals surface area (Å²) in [5.41, 5.74) is 1.07. The zero-order chi connectivity index (χ0) is 20.0. The van der Waals surface area contributed by atoms with E-state index in [1.54, 1.807) is 31.2 Å². The van der Waals surface area contributed by atoms with E-state index in [2.05, 4.69) is 9.46 Å². The van der Waals surface area contributed by atoms with Crippen LogP contribution >= 0.6 is 11.6 Å². The SMILES string of the molecule is CCOC(=O)c1ccc(CNS(=O)(=O)c2cc(C(=O)OC)ccc2Cl)cc1. The van der Waals surface area contributed by atoms with E-state index in [9.17, 15) is 18.0 Å². The van der Waals surface area contributed by atoms with Crippen molar-refractivity contribution in [2.24, 2.45) is 0 Å². The predicted molar refractivity (Wildman–Crippen MR) is 99.2 cm³/mol. The fourth-order valence-corrected chi connectivity index (χ4v) is 3.72. The summed E-state index contributed by atoms with van der Waals surface area (Å²) in [6.45, 7) is 1.96. The van der Waals surface area contributed by atoms with Gasteiger partial charge in [-0.05, 0) is 42.8 Å². The van der Waals surface area contributed by atoms with E-state index in [1.165, 1.54) is 19.2 Å². The fraction of sp³-hybridized carbons (Fsp3) is 0.222. The minimum absolute atomic E-state index is 0.0205. The summed E-state index contributed by atoms with van der Waals surface area (Å²) >= 11 is 5.97. The molecular weight excluding hydrogens is 394 g/mol. The van der Waals surface area contributed by atoms with Crippen molar-refractivity contribution in [1.29, 1.82) is 0 Å². The quantitative estimate of drug-likeness (QED) is 0.703. The van der Waals surface area contributed by atoms with Crippen molar-refractivity contribution < 1.29 is 27.5 Å². The second-order valence-corrected chi connectivity index (χ2v) is 7.52. The maximum Gasteiger partial charge on any atom is 0.338 e. The van der Waals surface area contributed by atoms with Gasteiger partial charge in [0.25, 0.3) is 0 Å². The molecule has 144 valence electrons. The number of nitrogens with one attached hydrogen (secondary N) is 1. The first kappa shape index (κ1) is 20.9. The third-order valence-electron chi connectivity index (χ3n) is 3.57. The van der Waals surface area contributed by atoms with E-state index in [4.69, 9.17) is 16.3 Å². The van der Waals surface area contributed by atoms with Crippen LogP contribution in [0.4, 0.5) is 0 Å². The first-order valence-electron chi connectivity index (χ1n) is 7.92. The summed E-state index contributed by atoms with van der Waals surface area (Å²) in [5.74, 6) is -1.12. The number of hydrogen-bond acceptors (Lipinski definition) is 6. The van der Waals surface area contributed by atoms with Crippen molar-refractivity contribution in [1.82, 2.24) is 4.72 Å². The Hall–Kier alpha value is -2.42. The molecular formula is C18H18ClNO6S. The molecule has 0 aliphatic rings. The molecule has 0 atom stereocenters. The molecule has 9 heteroatoms. The lowest BCUT2D eigenvalue weighted by Gasteiger charge is -2.10. The maximum absolute atomic E-state index is 12.5. The second-order valence-electron chi connectivity index (χ2n) is 5.38. The Kier molecular flexibility index (Phi) is 6.95. The lowest BCUT2D eigenvalue weighted by atomic mass is 10.1. The maximum atomic E-state index is 12.5. The largest absolute Gasteiger partial charge is 0.465 e. The van der Waals surface area contributed by atoms with Gasteiger partial charge in [-0.3, -0.25) is 0 Å². The van der Waals surface area contributed by atoms with Crippen LogP contribution in [0.15, 0.2) is 47.4 Å². The van der Waals surface area contributed by atoms with Gasteiger partial charge in [0.05, 0.1) is 29.9 Å². The van der Waals surface area contributed by atoms with Gasteiger partial charge in [-0.25, -0.2) is 22.7 Å². The van der Waals surface area contributed by atoms with Crippen LogP contribution in [0.25, 0.3) is 0 Å². The van der Waals surface area contributed by atoms with Crippen molar-refractivity contribution in [3.05, 3.63) is 64.2 Å². The van der Waals surface area contributed by atoms with Gasteiger partial charge in [0.1, 0.15) is 4.90 Å². The average molecular weight is 412 g/mol. The molecule has 0 amide bonds. The summed E-state index contributed by atoms with van der Waals surface area (Å²) < 4.78 is 36.9. The lowest BCUT2D eigenvalue weighted by Crippen LogP contribution is -2.24. The Balaban J connectivity index is 2.15. The first-order valence-corrected chi connectivity index (χ1v) is 9.78. The third-order valence-corrected chi connectivity index (χ3v) is 5.46. The number of benzene rings is 2. The summed E-state index contributed by atoms with van der Waals surface area (Å²) in [4.78, 5) is 23.0. The zero-order valence-electron chi connectivity index (χ0n) is 14.7. The fourth-order valence-electron chi connectivity index (χ4n) is 2.18. The third kappa shape index (κ3) is 5.29. The number of methoxy groups -OCH3 is 1. The van der Waals surface area contributed by atoms with Crippen LogP contribution < -0.4 is 4.72 Å². The number of esters is 2. The normalized spacial score (nSPS) is 11.1. The molecule has 2 aromatic rings. The molecule has 0 saturated carbocycles. The van der Waals surface area contributed by atoms with Gasteiger partial charge in [-0.1, -0.05) is 23.7 Å². The van der Waals surface area contributed by atoms with Crippen LogP contribution in [-0.4, -0.2) is 34.1 Å². The summed E-state index contributed by atoms with van der Waals surface area (Å²) in [6, 6.07) is 10.2. The molecule has 2 rings (SSSR count). The Bertz CT molecular complexity index is 941. The van der Waals surface area contributed by atoms with Crippen LogP contribution in [0, 0.1) is 0 Å². The molecule has 27 heavy (non-hydrogen) atoms. The molecule has 2 aromatic carbocycles. The minimum Gasteiger partial charge on any atom is -0.465 e. The van der Waals surface area contributed by atoms with Gasteiger partial charge >= 0.3 is 11.9 Å². The molecule has 0 spiro atoms. The van der Waals surface area contributed by atoms with Crippen LogP contribution in [0.3, 0.4) is 0 Å². The van der Waals surface area contributed by atoms with Gasteiger partial charge in [-0.15, -0.1) is 0 Å². The molecule has 0 heterocycles. The van der Waals surface area contributed by atoms with Crippen LogP contribution in [0.2, 0.25) is 5.02 Å². The standard InChI is InChI=1S/C18H18ClNO6S/c1-3-26-18(22)13-6-4-12(5-7-13)11-20-27(23,24)16-10-14(17(21)25-2)8-9-15(16)19/h4-10,20H,3,11H2,1-2H3. The van der Waals surface area contributed by atoms with Gasteiger partial charge in [0.15, 0.2) is 0 Å². The number of rotatable bonds is 7. The van der Waals surface area contributed by atoms with Crippen LogP contribution in [0.1, 0.15) is 33.2 Å². The minimum atomic E-state index is -3.97. The van der Waals surface area contributed by atoms with E-state index < -0.39 is 22.0 Å². The van der Waals surface area contributed by atoms with Crippen molar-refractivity contribution >= 4 is 33.6 Å². The number of hydrogen-bond donors (Lipinski definition) is 1. The van der Waals surface area contributed by atoms with Crippen LogP contribution in [-0.2, 0) is 26.0 Å². The Morgan fingerprint density at radius 1 is 1.04 bits per heavy atom. The van der Waals surface area contributed by atoms with Crippen LogP contribution in [0.5, 0.6) is 0 Å². The highest BCUT2D eigenvalue weighted by Gasteiger charge is 2.20. The van der Waals surface area contributed by atoms with E-state index in [1.807, 2.05) is 0 Å². The van der Waals surface area contributed by atoms with E-state index in [0.717, 1.165) is 6.07 Å². The van der Waals surface area contributed by atoms with Gasteiger partial charge < -0.3 is 9.47 Å². The highest BCUT2D eigenvalue weighted by Crippen LogP contribution is 2.23. The van der Waals surface area contributed by atoms with Crippen molar-refractivity contribution in [2.45, 2.75) is 18.4 Å². The molecule has 0 aromatic heterocycles. The zero-order valence-corrected chi connectivity index (χ0v) is 16.3. The van der Waals surface area contributed by atoms with Crippen molar-refractivity contribution in [2.75, 3.05) is 13.7 Å². The molecule has 7 nitrogen and oxygen atoms in total. The molecule has 1 N–H and O–H groups in total. The molecule has 0 radical (unpaired) electrons. The van der Waals surface area contributed by atoms with E-state index in [-0.39, 0.29) is 28.6 Å². The van der Waals surface area contributed by atoms with Gasteiger partial charge in [-0.2, -0.15) is 0 Å². The summed E-state index contributed by atoms with van der Waals surface area (Å²) in [6.07, 6.45) is 0. The molecule has 0 saturated heterocycles. The van der Waals surface area contributed by atoms with Gasteiger partial charge in [0, 0.05) is 6.54 Å². The smallest absolute Gasteiger partial charge is 0.338 e. The lowest BCUT2D eigenvalue weighted by molar-refractivity contribution is 0.0525. The number of ether oxygens (including phenoxy) is 2. The molecule has 0 aliphatic carbocycles. The molecule has 0 fully saturated rings. The summed E-state index contributed by atoms with van der Waals surface area (Å²) in [7, 11) is -2.77. The monoisotopic (exact) mass is 411 g/mol. The number of halogens is 1. The van der Waals surface area contributed by atoms with Gasteiger partial charge in [0.2, 0.25) is 10.0 Å². The highest BCUT2D eigenvalue weighted by atomic mass is 35.5. The Morgan fingerprint density at radius 3 is 2.26 bits per heavy atom. The van der Waals surface area contributed by atoms with E-state index >= 15 is 0 Å². The van der Waals surface area contributed by atoms with Crippen molar-refractivity contribution in [3.63, 3.8) is 0 Å². The summed E-state index contributed by atoms with van der Waals surface area (Å²) in [5, 5.41) is -0.0205. The van der Waals surface area contributed by atoms with E-state index in [0.29, 0.717) is 11.1 Å². The number of sulfonamides is 1. The first-order chi connectivity index (χ1) is 12.8. The van der Waals surface area contributed by atoms with Crippen molar-refractivity contribution in [3.8, 4) is 0 Å².